The maximum atomic E-state index is 13.4. The summed E-state index contributed by atoms with van der Waals surface area (Å²) >= 11 is 0. The molecule has 6 heteroatoms. The normalized spacial score (nSPS) is 11.8. The second kappa shape index (κ2) is 6.79. The van der Waals surface area contributed by atoms with Crippen molar-refractivity contribution in [2.45, 2.75) is 24.8 Å². The lowest BCUT2D eigenvalue weighted by Crippen LogP contribution is -2.32. The van der Waals surface area contributed by atoms with Crippen molar-refractivity contribution in [3.05, 3.63) is 42.2 Å². The molecule has 0 aliphatic carbocycles. The molecule has 0 saturated carbocycles. The highest BCUT2D eigenvalue weighted by molar-refractivity contribution is 7.89. The largest absolute Gasteiger partial charge is 0.326 e. The maximum absolute atomic E-state index is 13.4. The van der Waals surface area contributed by atoms with E-state index in [0.717, 1.165) is 6.07 Å². The van der Waals surface area contributed by atoms with E-state index in [1.165, 1.54) is 22.5 Å². The number of hydrogen-bond acceptors (Lipinski definition) is 3. The van der Waals surface area contributed by atoms with E-state index >= 15 is 0 Å². The van der Waals surface area contributed by atoms with Crippen LogP contribution in [0.25, 0.3) is 0 Å². The molecule has 1 rings (SSSR count). The summed E-state index contributed by atoms with van der Waals surface area (Å²) in [6.45, 7) is 6.03. The number of sulfonamides is 1. The van der Waals surface area contributed by atoms with Crippen LogP contribution in [0.5, 0.6) is 0 Å². The summed E-state index contributed by atoms with van der Waals surface area (Å²) in [7, 11) is -3.63. The zero-order chi connectivity index (χ0) is 14.5. The van der Waals surface area contributed by atoms with Crippen LogP contribution in [0.3, 0.4) is 0 Å². The first-order valence-corrected chi connectivity index (χ1v) is 7.50. The first kappa shape index (κ1) is 15.8. The van der Waals surface area contributed by atoms with Crippen LogP contribution in [0, 0.1) is 5.82 Å². The van der Waals surface area contributed by atoms with E-state index in [-0.39, 0.29) is 23.5 Å². The average Bonchev–Trinajstić information content (AvgIpc) is 2.38. The number of rotatable bonds is 7. The fourth-order valence-electron chi connectivity index (χ4n) is 1.72. The van der Waals surface area contributed by atoms with Gasteiger partial charge in [0.1, 0.15) is 5.82 Å². The summed E-state index contributed by atoms with van der Waals surface area (Å²) < 4.78 is 39.5. The molecule has 0 aliphatic heterocycles. The second-order valence-corrected chi connectivity index (χ2v) is 6.05. The van der Waals surface area contributed by atoms with E-state index in [1.54, 1.807) is 0 Å². The minimum absolute atomic E-state index is 0.0373. The highest BCUT2D eigenvalue weighted by Gasteiger charge is 2.23. The highest BCUT2D eigenvalue weighted by Crippen LogP contribution is 2.19. The summed E-state index contributed by atoms with van der Waals surface area (Å²) in [6.07, 6.45) is 2.22. The predicted octanol–water partition coefficient (Wildman–Crippen LogP) is 1.87. The Morgan fingerprint density at radius 1 is 1.47 bits per heavy atom. The van der Waals surface area contributed by atoms with Gasteiger partial charge in [-0.2, -0.15) is 4.31 Å². The molecule has 0 aromatic heterocycles. The standard InChI is InChI=1S/C13H19FN2O2S/c1-3-7-16(8-4-2)19(17,18)12-5-6-13(14)11(9-12)10-15/h3,5-6,9H,1,4,7-8,10,15H2,2H3. The summed E-state index contributed by atoms with van der Waals surface area (Å²) in [5, 5.41) is 0. The first-order chi connectivity index (χ1) is 8.97. The van der Waals surface area contributed by atoms with Crippen LogP contribution in [0.2, 0.25) is 0 Å². The van der Waals surface area contributed by atoms with Crippen LogP contribution in [0.4, 0.5) is 4.39 Å². The zero-order valence-corrected chi connectivity index (χ0v) is 11.8. The van der Waals surface area contributed by atoms with Crippen molar-refractivity contribution in [3.8, 4) is 0 Å². The topological polar surface area (TPSA) is 63.4 Å². The third kappa shape index (κ3) is 3.62. The Kier molecular flexibility index (Phi) is 5.65. The Balaban J connectivity index is 3.20. The summed E-state index contributed by atoms with van der Waals surface area (Å²) in [6, 6.07) is 3.68. The van der Waals surface area contributed by atoms with E-state index in [0.29, 0.717) is 13.0 Å². The average molecular weight is 286 g/mol. The van der Waals surface area contributed by atoms with Crippen molar-refractivity contribution >= 4 is 10.0 Å². The minimum atomic E-state index is -3.63. The van der Waals surface area contributed by atoms with Gasteiger partial charge >= 0.3 is 0 Å². The van der Waals surface area contributed by atoms with Gasteiger partial charge in [0, 0.05) is 25.2 Å². The third-order valence-electron chi connectivity index (χ3n) is 2.68. The second-order valence-electron chi connectivity index (χ2n) is 4.11. The van der Waals surface area contributed by atoms with Crippen LogP contribution in [-0.4, -0.2) is 25.8 Å². The van der Waals surface area contributed by atoms with Gasteiger partial charge in [0.05, 0.1) is 4.90 Å². The van der Waals surface area contributed by atoms with E-state index in [9.17, 15) is 12.8 Å². The van der Waals surface area contributed by atoms with Gasteiger partial charge in [-0.25, -0.2) is 12.8 Å². The van der Waals surface area contributed by atoms with Gasteiger partial charge in [0.2, 0.25) is 10.0 Å². The molecule has 0 amide bonds. The van der Waals surface area contributed by atoms with Crippen molar-refractivity contribution in [1.82, 2.24) is 4.31 Å². The molecule has 106 valence electrons. The molecule has 0 radical (unpaired) electrons. The van der Waals surface area contributed by atoms with Gasteiger partial charge < -0.3 is 5.73 Å². The van der Waals surface area contributed by atoms with Gasteiger partial charge in [-0.15, -0.1) is 6.58 Å². The molecule has 1 aromatic rings. The zero-order valence-electron chi connectivity index (χ0n) is 11.0. The van der Waals surface area contributed by atoms with Crippen molar-refractivity contribution in [2.24, 2.45) is 5.73 Å². The van der Waals surface area contributed by atoms with Crippen LogP contribution in [-0.2, 0) is 16.6 Å². The fraction of sp³-hybridized carbons (Fsp3) is 0.385. The molecule has 4 nitrogen and oxygen atoms in total. The highest BCUT2D eigenvalue weighted by atomic mass is 32.2. The Morgan fingerprint density at radius 2 is 2.16 bits per heavy atom. The molecule has 0 bridgehead atoms. The smallest absolute Gasteiger partial charge is 0.243 e. The number of nitrogens with zero attached hydrogens (tertiary/aromatic N) is 1. The lowest BCUT2D eigenvalue weighted by atomic mass is 10.2. The van der Waals surface area contributed by atoms with Gasteiger partial charge in [-0.3, -0.25) is 0 Å². The van der Waals surface area contributed by atoms with Gasteiger partial charge in [-0.1, -0.05) is 13.0 Å². The lowest BCUT2D eigenvalue weighted by molar-refractivity contribution is 0.441. The number of nitrogens with two attached hydrogens (primary N) is 1. The van der Waals surface area contributed by atoms with Crippen molar-refractivity contribution in [3.63, 3.8) is 0 Å². The van der Waals surface area contributed by atoms with Crippen molar-refractivity contribution in [1.29, 1.82) is 0 Å². The lowest BCUT2D eigenvalue weighted by Gasteiger charge is -2.20. The molecule has 0 spiro atoms. The van der Waals surface area contributed by atoms with Crippen LogP contribution in [0.1, 0.15) is 18.9 Å². The maximum Gasteiger partial charge on any atom is 0.243 e. The third-order valence-corrected chi connectivity index (χ3v) is 4.54. The van der Waals surface area contributed by atoms with E-state index in [4.69, 9.17) is 5.73 Å². The molecule has 0 unspecified atom stereocenters. The van der Waals surface area contributed by atoms with Gasteiger partial charge in [0.15, 0.2) is 0 Å². The monoisotopic (exact) mass is 286 g/mol. The van der Waals surface area contributed by atoms with Gasteiger partial charge in [0.25, 0.3) is 0 Å². The molecule has 0 fully saturated rings. The molecule has 0 saturated heterocycles. The minimum Gasteiger partial charge on any atom is -0.326 e. The summed E-state index contributed by atoms with van der Waals surface area (Å²) in [5.74, 6) is -0.493. The summed E-state index contributed by atoms with van der Waals surface area (Å²) in [4.78, 5) is 0.0599. The van der Waals surface area contributed by atoms with E-state index in [2.05, 4.69) is 6.58 Å². The van der Waals surface area contributed by atoms with Crippen molar-refractivity contribution < 1.29 is 12.8 Å². The molecular weight excluding hydrogens is 267 g/mol. The quantitative estimate of drug-likeness (QED) is 0.778. The Hall–Kier alpha value is -1.24. The SMILES string of the molecule is C=CCN(CCC)S(=O)(=O)c1ccc(F)c(CN)c1. The number of hydrogen-bond donors (Lipinski definition) is 1. The fourth-order valence-corrected chi connectivity index (χ4v) is 3.27. The van der Waals surface area contributed by atoms with Crippen LogP contribution >= 0.6 is 0 Å². The molecular formula is C13H19FN2O2S. The molecule has 0 atom stereocenters. The summed E-state index contributed by atoms with van der Waals surface area (Å²) in [5.41, 5.74) is 5.58. The first-order valence-electron chi connectivity index (χ1n) is 6.06. The van der Waals surface area contributed by atoms with E-state index < -0.39 is 15.8 Å². The molecule has 2 N–H and O–H groups in total. The molecule has 0 heterocycles. The molecule has 19 heavy (non-hydrogen) atoms. The van der Waals surface area contributed by atoms with E-state index in [1.807, 2.05) is 6.92 Å². The van der Waals surface area contributed by atoms with Crippen molar-refractivity contribution in [2.75, 3.05) is 13.1 Å². The van der Waals surface area contributed by atoms with Crippen LogP contribution < -0.4 is 5.73 Å². The van der Waals surface area contributed by atoms with Gasteiger partial charge in [-0.05, 0) is 24.6 Å². The Labute approximate surface area is 113 Å². The number of benzene rings is 1. The predicted molar refractivity (Wildman–Crippen MR) is 73.5 cm³/mol. The Morgan fingerprint density at radius 3 is 2.68 bits per heavy atom. The molecule has 0 aliphatic rings. The Bertz CT molecular complexity index is 544. The number of halogens is 1. The van der Waals surface area contributed by atoms with Crippen LogP contribution in [0.15, 0.2) is 35.7 Å². The molecule has 1 aromatic carbocycles.